The normalized spacial score (nSPS) is 17.1. The van der Waals surface area contributed by atoms with Crippen LogP contribution in [0.2, 0.25) is 0 Å². The zero-order chi connectivity index (χ0) is 25.7. The quantitative estimate of drug-likeness (QED) is 0.423. The molecule has 0 radical (unpaired) electrons. The van der Waals surface area contributed by atoms with Crippen molar-refractivity contribution in [2.45, 2.75) is 32.1 Å². The summed E-state index contributed by atoms with van der Waals surface area (Å²) >= 11 is 0. The Labute approximate surface area is 208 Å². The molecule has 3 aromatic rings. The largest absolute Gasteiger partial charge is 0.481 e. The third kappa shape index (κ3) is 5.66. The Balaban J connectivity index is 1.43. The number of carbonyl (C=O) groups excluding carboxylic acids is 2. The lowest BCUT2D eigenvalue weighted by atomic mass is 9.75. The molecule has 2 N–H and O–H groups in total. The van der Waals surface area contributed by atoms with Crippen LogP contribution >= 0.6 is 0 Å². The molecule has 0 heterocycles. The molecular formula is C29H25FN2O4. The molecule has 3 aromatic carbocycles. The monoisotopic (exact) mass is 484 g/mol. The van der Waals surface area contributed by atoms with Gasteiger partial charge in [0.2, 0.25) is 5.91 Å². The third-order valence-electron chi connectivity index (χ3n) is 6.59. The van der Waals surface area contributed by atoms with E-state index in [2.05, 4.69) is 5.32 Å². The van der Waals surface area contributed by atoms with E-state index in [-0.39, 0.29) is 17.9 Å². The number of aliphatic carboxylic acids is 1. The van der Waals surface area contributed by atoms with Crippen molar-refractivity contribution in [1.29, 1.82) is 5.26 Å². The van der Waals surface area contributed by atoms with Gasteiger partial charge in [0.1, 0.15) is 5.82 Å². The lowest BCUT2D eigenvalue weighted by molar-refractivity contribution is -0.144. The van der Waals surface area contributed by atoms with Gasteiger partial charge in [0, 0.05) is 11.5 Å². The maximum absolute atomic E-state index is 14.8. The molecule has 1 aliphatic rings. The SMILES string of the molecule is N#Cc1cccc(CC(=O)Nc2ccc(-c3ccc(C(=O)[C@H]4CCCC[C@@H]4C(=O)O)cc3)cc2F)c1. The van der Waals surface area contributed by atoms with Gasteiger partial charge in [0.05, 0.1) is 29.7 Å². The zero-order valence-electron chi connectivity index (χ0n) is 19.5. The number of ketones is 1. The van der Waals surface area contributed by atoms with E-state index in [9.17, 15) is 23.9 Å². The van der Waals surface area contributed by atoms with E-state index in [1.54, 1.807) is 54.6 Å². The van der Waals surface area contributed by atoms with E-state index >= 15 is 0 Å². The van der Waals surface area contributed by atoms with Gasteiger partial charge in [-0.1, -0.05) is 55.3 Å². The van der Waals surface area contributed by atoms with Crippen molar-refractivity contribution in [2.24, 2.45) is 11.8 Å². The fourth-order valence-electron chi connectivity index (χ4n) is 4.71. The van der Waals surface area contributed by atoms with Crippen LogP contribution in [0, 0.1) is 29.0 Å². The van der Waals surface area contributed by atoms with Gasteiger partial charge in [-0.05, 0) is 53.8 Å². The highest BCUT2D eigenvalue weighted by atomic mass is 19.1. The van der Waals surface area contributed by atoms with Gasteiger partial charge in [-0.15, -0.1) is 0 Å². The number of halogens is 1. The maximum Gasteiger partial charge on any atom is 0.307 e. The van der Waals surface area contributed by atoms with Gasteiger partial charge in [0.15, 0.2) is 5.78 Å². The first-order chi connectivity index (χ1) is 17.4. The molecule has 0 aromatic heterocycles. The van der Waals surface area contributed by atoms with Crippen LogP contribution in [0.25, 0.3) is 11.1 Å². The number of carboxylic acids is 1. The van der Waals surface area contributed by atoms with Crippen molar-refractivity contribution >= 4 is 23.3 Å². The number of hydrogen-bond acceptors (Lipinski definition) is 4. The summed E-state index contributed by atoms with van der Waals surface area (Å²) in [7, 11) is 0. The number of carbonyl (C=O) groups is 3. The fraction of sp³-hybridized carbons (Fsp3) is 0.241. The van der Waals surface area contributed by atoms with Gasteiger partial charge in [-0.3, -0.25) is 14.4 Å². The molecule has 4 rings (SSSR count). The van der Waals surface area contributed by atoms with Crippen LogP contribution in [0.4, 0.5) is 10.1 Å². The summed E-state index contributed by atoms with van der Waals surface area (Å²) in [5, 5.41) is 21.0. The highest BCUT2D eigenvalue weighted by Crippen LogP contribution is 2.33. The first kappa shape index (κ1) is 24.8. The fourth-order valence-corrected chi connectivity index (χ4v) is 4.71. The Bertz CT molecular complexity index is 1340. The summed E-state index contributed by atoms with van der Waals surface area (Å²) in [6, 6.07) is 19.9. The highest BCUT2D eigenvalue weighted by Gasteiger charge is 2.35. The van der Waals surface area contributed by atoms with Crippen LogP contribution in [0.3, 0.4) is 0 Å². The van der Waals surface area contributed by atoms with Gasteiger partial charge < -0.3 is 10.4 Å². The molecule has 0 aliphatic heterocycles. The molecule has 36 heavy (non-hydrogen) atoms. The van der Waals surface area contributed by atoms with Gasteiger partial charge in [0.25, 0.3) is 0 Å². The summed E-state index contributed by atoms with van der Waals surface area (Å²) in [6.07, 6.45) is 2.75. The average molecular weight is 485 g/mol. The average Bonchev–Trinajstić information content (AvgIpc) is 2.89. The maximum atomic E-state index is 14.8. The number of anilines is 1. The number of nitriles is 1. The molecule has 1 amide bonds. The van der Waals surface area contributed by atoms with Crippen molar-refractivity contribution in [3.8, 4) is 17.2 Å². The molecule has 0 saturated heterocycles. The van der Waals surface area contributed by atoms with Gasteiger partial charge in [-0.25, -0.2) is 4.39 Å². The number of carboxylic acid groups (broad SMARTS) is 1. The number of amides is 1. The van der Waals surface area contributed by atoms with E-state index in [0.717, 1.165) is 12.8 Å². The second-order valence-electron chi connectivity index (χ2n) is 9.01. The Kier molecular flexibility index (Phi) is 7.55. The van der Waals surface area contributed by atoms with Crippen LogP contribution in [0.1, 0.15) is 47.2 Å². The van der Waals surface area contributed by atoms with Gasteiger partial charge in [-0.2, -0.15) is 5.26 Å². The molecule has 1 aliphatic carbocycles. The molecule has 0 spiro atoms. The Morgan fingerprint density at radius 2 is 1.64 bits per heavy atom. The van der Waals surface area contributed by atoms with Crippen LogP contribution < -0.4 is 5.32 Å². The van der Waals surface area contributed by atoms with Crippen LogP contribution in [-0.4, -0.2) is 22.8 Å². The lowest BCUT2D eigenvalue weighted by Crippen LogP contribution is -2.32. The number of nitrogens with one attached hydrogen (secondary N) is 1. The van der Waals surface area contributed by atoms with E-state index in [1.165, 1.54) is 12.1 Å². The summed E-state index contributed by atoms with van der Waals surface area (Å²) in [5.74, 6) is -3.27. The molecule has 2 atom stereocenters. The second kappa shape index (κ2) is 11.0. The predicted molar refractivity (Wildman–Crippen MR) is 133 cm³/mol. The summed E-state index contributed by atoms with van der Waals surface area (Å²) in [6.45, 7) is 0. The number of hydrogen-bond donors (Lipinski definition) is 2. The van der Waals surface area contributed by atoms with Crippen molar-refractivity contribution in [3.63, 3.8) is 0 Å². The molecule has 0 unspecified atom stereocenters. The van der Waals surface area contributed by atoms with Crippen molar-refractivity contribution in [1.82, 2.24) is 0 Å². The van der Waals surface area contributed by atoms with Crippen LogP contribution in [-0.2, 0) is 16.0 Å². The minimum absolute atomic E-state index is 0.00985. The van der Waals surface area contributed by atoms with Crippen LogP contribution in [0.5, 0.6) is 0 Å². The third-order valence-corrected chi connectivity index (χ3v) is 6.59. The smallest absolute Gasteiger partial charge is 0.307 e. The Morgan fingerprint density at radius 1 is 0.944 bits per heavy atom. The van der Waals surface area contributed by atoms with Crippen molar-refractivity contribution in [2.75, 3.05) is 5.32 Å². The summed E-state index contributed by atoms with van der Waals surface area (Å²) < 4.78 is 14.8. The van der Waals surface area contributed by atoms with E-state index in [1.807, 2.05) is 6.07 Å². The van der Waals surface area contributed by atoms with E-state index in [4.69, 9.17) is 5.26 Å². The molecule has 0 bridgehead atoms. The van der Waals surface area contributed by atoms with E-state index in [0.29, 0.717) is 40.7 Å². The zero-order valence-corrected chi connectivity index (χ0v) is 19.5. The summed E-state index contributed by atoms with van der Waals surface area (Å²) in [5.41, 5.74) is 2.86. The Morgan fingerprint density at radius 3 is 2.31 bits per heavy atom. The first-order valence-electron chi connectivity index (χ1n) is 11.8. The molecule has 182 valence electrons. The predicted octanol–water partition coefficient (Wildman–Crippen LogP) is 5.62. The number of benzene rings is 3. The van der Waals surface area contributed by atoms with Gasteiger partial charge >= 0.3 is 5.97 Å². The second-order valence-corrected chi connectivity index (χ2v) is 9.01. The highest BCUT2D eigenvalue weighted by molar-refractivity contribution is 6.00. The molecule has 7 heteroatoms. The lowest BCUT2D eigenvalue weighted by Gasteiger charge is -2.27. The minimum atomic E-state index is -0.928. The van der Waals surface area contributed by atoms with Crippen molar-refractivity contribution in [3.05, 3.63) is 89.2 Å². The topological polar surface area (TPSA) is 107 Å². The molecular weight excluding hydrogens is 459 g/mol. The molecule has 1 saturated carbocycles. The number of Topliss-reactive ketones (excluding diaryl/α,β-unsaturated/α-hetero) is 1. The molecule has 1 fully saturated rings. The standard InChI is InChI=1S/C29H25FN2O4/c30-25-16-22(12-13-26(25)32-27(33)15-18-4-3-5-19(14-18)17-31)20-8-10-21(11-9-20)28(34)23-6-1-2-7-24(23)29(35)36/h3-5,8-14,16,23-24H,1-2,6-7,15H2,(H,32,33)(H,35,36)/t23-,24-/m0/s1. The minimum Gasteiger partial charge on any atom is -0.481 e. The molecule has 6 nitrogen and oxygen atoms in total. The Hall–Kier alpha value is -4.31. The van der Waals surface area contributed by atoms with Crippen molar-refractivity contribution < 1.29 is 23.9 Å². The van der Waals surface area contributed by atoms with E-state index < -0.39 is 29.5 Å². The number of nitrogens with zero attached hydrogens (tertiary/aromatic N) is 1. The van der Waals surface area contributed by atoms with Crippen LogP contribution in [0.15, 0.2) is 66.7 Å². The summed E-state index contributed by atoms with van der Waals surface area (Å²) in [4.78, 5) is 36.9. The first-order valence-corrected chi connectivity index (χ1v) is 11.8. The number of rotatable bonds is 7.